The minimum absolute atomic E-state index is 0.0479. The van der Waals surface area contributed by atoms with Gasteiger partial charge in [0.15, 0.2) is 5.78 Å². The molecule has 3 heteroatoms. The van der Waals surface area contributed by atoms with Crippen LogP contribution in [0.4, 0.5) is 0 Å². The van der Waals surface area contributed by atoms with E-state index in [4.69, 9.17) is 0 Å². The Morgan fingerprint density at radius 1 is 0.923 bits per heavy atom. The Morgan fingerprint density at radius 2 is 1.46 bits per heavy atom. The number of carbonyl (C=O) groups excluding carboxylic acids is 1. The van der Waals surface area contributed by atoms with Gasteiger partial charge < -0.3 is 5.11 Å². The lowest BCUT2D eigenvalue weighted by molar-refractivity contribution is -0.142. The molecule has 1 N–H and O–H groups in total. The minimum Gasteiger partial charge on any atom is -0.481 e. The van der Waals surface area contributed by atoms with Gasteiger partial charge in [0.05, 0.1) is 5.92 Å². The van der Waals surface area contributed by atoms with Crippen LogP contribution in [0.2, 0.25) is 0 Å². The van der Waals surface area contributed by atoms with Crippen LogP contribution >= 0.6 is 0 Å². The molecule has 1 aliphatic rings. The van der Waals surface area contributed by atoms with Crippen LogP contribution in [0, 0.1) is 33.6 Å². The van der Waals surface area contributed by atoms with Gasteiger partial charge in [-0.2, -0.15) is 0 Å². The summed E-state index contributed by atoms with van der Waals surface area (Å²) in [4.78, 5) is 24.6. The summed E-state index contributed by atoms with van der Waals surface area (Å²) in [6.07, 6.45) is 0.0602. The summed E-state index contributed by atoms with van der Waals surface area (Å²) < 4.78 is 0. The first kappa shape index (κ1) is 19.9. The fraction of sp³-hybridized carbons (Fsp3) is 0.391. The molecule has 26 heavy (non-hydrogen) atoms. The van der Waals surface area contributed by atoms with Crippen molar-refractivity contribution >= 4 is 11.8 Å². The number of rotatable bonds is 2. The maximum absolute atomic E-state index is 12.8. The van der Waals surface area contributed by atoms with Crippen LogP contribution in [0.15, 0.2) is 30.3 Å². The summed E-state index contributed by atoms with van der Waals surface area (Å²) in [5.74, 6) is -1.95. The number of benzene rings is 2. The van der Waals surface area contributed by atoms with Crippen molar-refractivity contribution in [3.05, 3.63) is 69.3 Å². The SMILES string of the molecule is CC.Cc1c(C)c(C)c2c(c1C)C(=O)CC(C(=O)O)C2c1ccccc1. The first-order valence-corrected chi connectivity index (χ1v) is 9.25. The van der Waals surface area contributed by atoms with Gasteiger partial charge >= 0.3 is 5.97 Å². The zero-order valence-corrected chi connectivity index (χ0v) is 16.5. The number of Topliss-reactive ketones (excluding diaryl/α,β-unsaturated/α-hetero) is 1. The second-order valence-corrected chi connectivity index (χ2v) is 6.75. The zero-order valence-electron chi connectivity index (χ0n) is 16.5. The highest BCUT2D eigenvalue weighted by Gasteiger charge is 2.41. The lowest BCUT2D eigenvalue weighted by atomic mass is 9.67. The predicted octanol–water partition coefficient (Wildman–Crippen LogP) is 5.37. The molecular weight excluding hydrogens is 324 g/mol. The molecule has 0 bridgehead atoms. The van der Waals surface area contributed by atoms with E-state index in [0.29, 0.717) is 0 Å². The summed E-state index contributed by atoms with van der Waals surface area (Å²) in [6.45, 7) is 12.1. The standard InChI is InChI=1S/C21H22O3.C2H6/c1-11-12(2)14(4)19-18(13(11)3)17(22)10-16(21(23)24)20(19)15-8-6-5-7-9-15;1-2/h5-9,16,20H,10H2,1-4H3,(H,23,24);1-2H3. The molecule has 3 rings (SSSR count). The van der Waals surface area contributed by atoms with Crippen molar-refractivity contribution in [1.29, 1.82) is 0 Å². The molecule has 0 radical (unpaired) electrons. The summed E-state index contributed by atoms with van der Waals surface area (Å²) in [6, 6.07) is 9.70. The average molecular weight is 352 g/mol. The van der Waals surface area contributed by atoms with Crippen LogP contribution in [0.1, 0.15) is 69.9 Å². The molecular formula is C23H28O3. The van der Waals surface area contributed by atoms with Crippen molar-refractivity contribution in [3.8, 4) is 0 Å². The van der Waals surface area contributed by atoms with E-state index in [0.717, 1.165) is 38.9 Å². The highest BCUT2D eigenvalue weighted by atomic mass is 16.4. The third-order valence-electron chi connectivity index (χ3n) is 5.61. The van der Waals surface area contributed by atoms with Gasteiger partial charge in [-0.15, -0.1) is 0 Å². The lowest BCUT2D eigenvalue weighted by Gasteiger charge is -2.34. The lowest BCUT2D eigenvalue weighted by Crippen LogP contribution is -2.33. The normalized spacial score (nSPS) is 18.6. The Bertz CT molecular complexity index is 835. The van der Waals surface area contributed by atoms with Gasteiger partial charge in [0, 0.05) is 17.9 Å². The molecule has 0 aromatic heterocycles. The molecule has 2 aromatic rings. The first-order chi connectivity index (χ1) is 12.3. The highest BCUT2D eigenvalue weighted by molar-refractivity contribution is 6.03. The summed E-state index contributed by atoms with van der Waals surface area (Å²) >= 11 is 0. The van der Waals surface area contributed by atoms with Crippen LogP contribution in [-0.4, -0.2) is 16.9 Å². The number of carboxylic acids is 1. The third kappa shape index (κ3) is 3.18. The van der Waals surface area contributed by atoms with Crippen molar-refractivity contribution in [2.45, 2.75) is 53.9 Å². The maximum atomic E-state index is 12.8. The van der Waals surface area contributed by atoms with E-state index in [2.05, 4.69) is 6.92 Å². The number of fused-ring (bicyclic) bond motifs is 1. The number of ketones is 1. The second kappa shape index (κ2) is 7.86. The highest BCUT2D eigenvalue weighted by Crippen LogP contribution is 2.45. The van der Waals surface area contributed by atoms with E-state index < -0.39 is 11.9 Å². The van der Waals surface area contributed by atoms with E-state index in [1.807, 2.05) is 65.0 Å². The van der Waals surface area contributed by atoms with Crippen molar-refractivity contribution < 1.29 is 14.7 Å². The van der Waals surface area contributed by atoms with Crippen LogP contribution < -0.4 is 0 Å². The second-order valence-electron chi connectivity index (χ2n) is 6.75. The molecule has 0 aliphatic heterocycles. The number of hydrogen-bond acceptors (Lipinski definition) is 2. The Labute approximate surface area is 156 Å². The van der Waals surface area contributed by atoms with E-state index in [-0.39, 0.29) is 18.1 Å². The molecule has 2 unspecified atom stereocenters. The molecule has 0 heterocycles. The van der Waals surface area contributed by atoms with Crippen LogP contribution in [0.25, 0.3) is 0 Å². The average Bonchev–Trinajstić information content (AvgIpc) is 2.66. The van der Waals surface area contributed by atoms with Crippen LogP contribution in [-0.2, 0) is 4.79 Å². The quantitative estimate of drug-likeness (QED) is 0.791. The minimum atomic E-state index is -0.905. The van der Waals surface area contributed by atoms with Gasteiger partial charge in [-0.25, -0.2) is 0 Å². The number of carboxylic acid groups (broad SMARTS) is 1. The van der Waals surface area contributed by atoms with E-state index in [1.54, 1.807) is 0 Å². The van der Waals surface area contributed by atoms with Gasteiger partial charge in [0.1, 0.15) is 0 Å². The van der Waals surface area contributed by atoms with Gasteiger partial charge in [-0.1, -0.05) is 44.2 Å². The van der Waals surface area contributed by atoms with Crippen LogP contribution in [0.5, 0.6) is 0 Å². The molecule has 2 atom stereocenters. The number of hydrogen-bond donors (Lipinski definition) is 1. The largest absolute Gasteiger partial charge is 0.481 e. The smallest absolute Gasteiger partial charge is 0.307 e. The fourth-order valence-electron chi connectivity index (χ4n) is 4.00. The van der Waals surface area contributed by atoms with Gasteiger partial charge in [0.2, 0.25) is 0 Å². The van der Waals surface area contributed by atoms with E-state index in [1.165, 1.54) is 0 Å². The Balaban J connectivity index is 0.00000117. The molecule has 1 aliphatic carbocycles. The summed E-state index contributed by atoms with van der Waals surface area (Å²) in [5, 5.41) is 9.75. The van der Waals surface area contributed by atoms with Crippen molar-refractivity contribution in [2.75, 3.05) is 0 Å². The summed E-state index contributed by atoms with van der Waals surface area (Å²) in [7, 11) is 0. The molecule has 0 amide bonds. The van der Waals surface area contributed by atoms with E-state index >= 15 is 0 Å². The predicted molar refractivity (Wildman–Crippen MR) is 105 cm³/mol. The zero-order chi connectivity index (χ0) is 19.6. The van der Waals surface area contributed by atoms with Gasteiger partial charge in [0.25, 0.3) is 0 Å². The Kier molecular flexibility index (Phi) is 6.01. The molecule has 138 valence electrons. The number of carbonyl (C=O) groups is 2. The molecule has 0 fully saturated rings. The topological polar surface area (TPSA) is 54.4 Å². The van der Waals surface area contributed by atoms with Gasteiger partial charge in [-0.3, -0.25) is 9.59 Å². The van der Waals surface area contributed by atoms with Gasteiger partial charge in [-0.05, 0) is 61.1 Å². The maximum Gasteiger partial charge on any atom is 0.307 e. The van der Waals surface area contributed by atoms with E-state index in [9.17, 15) is 14.7 Å². The fourth-order valence-corrected chi connectivity index (χ4v) is 4.00. The molecule has 0 saturated carbocycles. The number of aliphatic carboxylic acids is 1. The molecule has 3 nitrogen and oxygen atoms in total. The molecule has 0 spiro atoms. The van der Waals surface area contributed by atoms with Crippen molar-refractivity contribution in [1.82, 2.24) is 0 Å². The Morgan fingerprint density at radius 3 is 2.00 bits per heavy atom. The summed E-state index contributed by atoms with van der Waals surface area (Å²) in [5.41, 5.74) is 6.91. The molecule has 0 saturated heterocycles. The first-order valence-electron chi connectivity index (χ1n) is 9.25. The monoisotopic (exact) mass is 352 g/mol. The van der Waals surface area contributed by atoms with Crippen molar-refractivity contribution in [3.63, 3.8) is 0 Å². The van der Waals surface area contributed by atoms with Crippen LogP contribution in [0.3, 0.4) is 0 Å². The van der Waals surface area contributed by atoms with Crippen molar-refractivity contribution in [2.24, 2.45) is 5.92 Å². The molecule has 2 aromatic carbocycles. The Hall–Kier alpha value is -2.42. The third-order valence-corrected chi connectivity index (χ3v) is 5.61.